The molecule has 3 N–H and O–H groups in total. The molecule has 4 nitrogen and oxygen atoms in total. The number of hydrogen-bond donors (Lipinski definition) is 2. The summed E-state index contributed by atoms with van der Waals surface area (Å²) >= 11 is 0. The quantitative estimate of drug-likeness (QED) is 0.717. The number of hydrogen-bond acceptors (Lipinski definition) is 3. The first-order valence-electron chi connectivity index (χ1n) is 5.60. The molecule has 1 aromatic carbocycles. The number of rotatable bonds is 1. The van der Waals surface area contributed by atoms with Gasteiger partial charge in [-0.15, -0.1) is 0 Å². The van der Waals surface area contributed by atoms with Crippen LogP contribution in [0.5, 0.6) is 0 Å². The number of amides is 1. The van der Waals surface area contributed by atoms with Crippen LogP contribution in [0.1, 0.15) is 23.2 Å². The summed E-state index contributed by atoms with van der Waals surface area (Å²) in [5.74, 6) is -0.805. The molecule has 1 saturated heterocycles. The van der Waals surface area contributed by atoms with E-state index in [0.29, 0.717) is 13.0 Å². The molecule has 0 saturated carbocycles. The van der Waals surface area contributed by atoms with E-state index in [1.807, 2.05) is 0 Å². The topological polar surface area (TPSA) is 66.6 Å². The van der Waals surface area contributed by atoms with E-state index in [2.05, 4.69) is 0 Å². The number of nitrogen functional groups attached to an aromatic ring is 1. The molecule has 1 fully saturated rings. The second-order valence-electron chi connectivity index (χ2n) is 4.28. The van der Waals surface area contributed by atoms with E-state index in [0.717, 1.165) is 12.5 Å². The zero-order chi connectivity index (χ0) is 12.4. The Morgan fingerprint density at radius 3 is 3.00 bits per heavy atom. The lowest BCUT2D eigenvalue weighted by atomic mass is 10.1. The fourth-order valence-electron chi connectivity index (χ4n) is 2.02. The van der Waals surface area contributed by atoms with Gasteiger partial charge in [-0.1, -0.05) is 0 Å². The number of aliphatic hydroxyl groups is 1. The molecule has 2 rings (SSSR count). The number of carbonyl (C=O) groups is 1. The van der Waals surface area contributed by atoms with Gasteiger partial charge in [0.2, 0.25) is 0 Å². The van der Waals surface area contributed by atoms with E-state index in [1.54, 1.807) is 0 Å². The first-order chi connectivity index (χ1) is 8.08. The maximum Gasteiger partial charge on any atom is 0.256 e. The number of likely N-dealkylation sites (tertiary alicyclic amines) is 1. The highest BCUT2D eigenvalue weighted by atomic mass is 19.1. The van der Waals surface area contributed by atoms with Crippen molar-refractivity contribution in [1.29, 1.82) is 0 Å². The Hall–Kier alpha value is -1.62. The van der Waals surface area contributed by atoms with Crippen molar-refractivity contribution < 1.29 is 14.3 Å². The van der Waals surface area contributed by atoms with E-state index in [4.69, 9.17) is 5.73 Å². The van der Waals surface area contributed by atoms with E-state index in [9.17, 15) is 14.3 Å². The van der Waals surface area contributed by atoms with E-state index >= 15 is 0 Å². The fraction of sp³-hybridized carbons (Fsp3) is 0.417. The summed E-state index contributed by atoms with van der Waals surface area (Å²) < 4.78 is 13.1. The summed E-state index contributed by atoms with van der Waals surface area (Å²) in [6.45, 7) is 0.862. The summed E-state index contributed by atoms with van der Waals surface area (Å²) in [6, 6.07) is 3.73. The largest absolute Gasteiger partial charge is 0.398 e. The first-order valence-corrected chi connectivity index (χ1v) is 5.60. The van der Waals surface area contributed by atoms with Gasteiger partial charge in [0, 0.05) is 18.8 Å². The van der Waals surface area contributed by atoms with Gasteiger partial charge in [0.15, 0.2) is 0 Å². The number of benzene rings is 1. The van der Waals surface area contributed by atoms with Crippen molar-refractivity contribution in [3.63, 3.8) is 0 Å². The number of β-amino-alcohol motifs (C(OH)–C–C–N with tert-alkyl or cyclic N) is 1. The van der Waals surface area contributed by atoms with Crippen molar-refractivity contribution in [2.75, 3.05) is 18.8 Å². The lowest BCUT2D eigenvalue weighted by Gasteiger charge is -2.30. The van der Waals surface area contributed by atoms with Gasteiger partial charge in [-0.2, -0.15) is 0 Å². The summed E-state index contributed by atoms with van der Waals surface area (Å²) in [6.07, 6.45) is 0.951. The first kappa shape index (κ1) is 11.9. The molecular formula is C12H15FN2O2. The Morgan fingerprint density at radius 1 is 1.53 bits per heavy atom. The van der Waals surface area contributed by atoms with Crippen molar-refractivity contribution in [3.8, 4) is 0 Å². The van der Waals surface area contributed by atoms with Crippen molar-refractivity contribution in [3.05, 3.63) is 29.6 Å². The number of nitrogens with zero attached hydrogens (tertiary/aromatic N) is 1. The van der Waals surface area contributed by atoms with Crippen LogP contribution in [0.4, 0.5) is 10.1 Å². The molecule has 1 atom stereocenters. The SMILES string of the molecule is Nc1ccc(F)cc1C(=O)N1CCCC(O)C1. The second kappa shape index (κ2) is 4.71. The molecule has 5 heteroatoms. The Labute approximate surface area is 98.8 Å². The molecule has 1 heterocycles. The van der Waals surface area contributed by atoms with Crippen molar-refractivity contribution >= 4 is 11.6 Å². The smallest absolute Gasteiger partial charge is 0.256 e. The van der Waals surface area contributed by atoms with E-state index < -0.39 is 11.9 Å². The minimum atomic E-state index is -0.498. The molecule has 1 amide bonds. The van der Waals surface area contributed by atoms with Crippen molar-refractivity contribution in [2.45, 2.75) is 18.9 Å². The van der Waals surface area contributed by atoms with Gasteiger partial charge in [0.25, 0.3) is 5.91 Å². The standard InChI is InChI=1S/C12H15FN2O2/c13-8-3-4-11(14)10(6-8)12(17)15-5-1-2-9(16)7-15/h3-4,6,9,16H,1-2,5,7,14H2. The number of piperidine rings is 1. The van der Waals surface area contributed by atoms with Crippen molar-refractivity contribution in [1.82, 2.24) is 4.90 Å². The second-order valence-corrected chi connectivity index (χ2v) is 4.28. The van der Waals surface area contributed by atoms with Gasteiger partial charge >= 0.3 is 0 Å². The van der Waals surface area contributed by atoms with Crippen molar-refractivity contribution in [2.24, 2.45) is 0 Å². The normalized spacial score (nSPS) is 20.4. The average Bonchev–Trinajstić information content (AvgIpc) is 2.31. The molecule has 1 aliphatic heterocycles. The minimum absolute atomic E-state index is 0.166. The number of aliphatic hydroxyl groups excluding tert-OH is 1. The highest BCUT2D eigenvalue weighted by molar-refractivity contribution is 5.99. The van der Waals surface area contributed by atoms with Gasteiger partial charge in [0.05, 0.1) is 11.7 Å². The molecule has 0 radical (unpaired) electrons. The minimum Gasteiger partial charge on any atom is -0.398 e. The molecule has 0 bridgehead atoms. The van der Waals surface area contributed by atoms with Gasteiger partial charge in [-0.05, 0) is 31.0 Å². The molecule has 0 aromatic heterocycles. The van der Waals surface area contributed by atoms with Crippen LogP contribution in [0.3, 0.4) is 0 Å². The van der Waals surface area contributed by atoms with Gasteiger partial charge in [-0.25, -0.2) is 4.39 Å². The Morgan fingerprint density at radius 2 is 2.29 bits per heavy atom. The van der Waals surface area contributed by atoms with Gasteiger partial charge < -0.3 is 15.7 Å². The average molecular weight is 238 g/mol. The summed E-state index contributed by atoms with van der Waals surface area (Å²) in [4.78, 5) is 13.6. The number of nitrogens with two attached hydrogens (primary N) is 1. The number of halogens is 1. The number of carbonyl (C=O) groups excluding carboxylic acids is 1. The third kappa shape index (κ3) is 2.55. The Bertz CT molecular complexity index is 437. The third-order valence-electron chi connectivity index (χ3n) is 2.93. The Balaban J connectivity index is 2.21. The van der Waals surface area contributed by atoms with Crippen LogP contribution in [0, 0.1) is 5.82 Å². The number of anilines is 1. The summed E-state index contributed by atoms with van der Waals surface area (Å²) in [5.41, 5.74) is 6.08. The lowest BCUT2D eigenvalue weighted by Crippen LogP contribution is -2.42. The van der Waals surface area contributed by atoms with Crippen LogP contribution in [0.25, 0.3) is 0 Å². The predicted molar refractivity (Wildman–Crippen MR) is 62.0 cm³/mol. The van der Waals surface area contributed by atoms with E-state index in [1.165, 1.54) is 17.0 Å². The molecule has 17 heavy (non-hydrogen) atoms. The van der Waals surface area contributed by atoms with Crippen LogP contribution in [0.2, 0.25) is 0 Å². The van der Waals surface area contributed by atoms with Gasteiger partial charge in [0.1, 0.15) is 5.82 Å². The third-order valence-corrected chi connectivity index (χ3v) is 2.93. The fourth-order valence-corrected chi connectivity index (χ4v) is 2.02. The molecular weight excluding hydrogens is 223 g/mol. The Kier molecular flexibility index (Phi) is 3.28. The maximum atomic E-state index is 13.1. The van der Waals surface area contributed by atoms with Crippen LogP contribution >= 0.6 is 0 Å². The summed E-state index contributed by atoms with van der Waals surface area (Å²) in [5, 5.41) is 9.50. The predicted octanol–water partition coefficient (Wildman–Crippen LogP) is 1.00. The van der Waals surface area contributed by atoms with E-state index in [-0.39, 0.29) is 23.7 Å². The molecule has 1 aromatic rings. The molecule has 0 aliphatic carbocycles. The lowest BCUT2D eigenvalue weighted by molar-refractivity contribution is 0.0474. The zero-order valence-corrected chi connectivity index (χ0v) is 9.40. The monoisotopic (exact) mass is 238 g/mol. The molecule has 1 aliphatic rings. The van der Waals surface area contributed by atoms with Crippen LogP contribution in [-0.2, 0) is 0 Å². The van der Waals surface area contributed by atoms with Crippen LogP contribution in [-0.4, -0.2) is 35.1 Å². The highest BCUT2D eigenvalue weighted by Gasteiger charge is 2.24. The van der Waals surface area contributed by atoms with Crippen LogP contribution < -0.4 is 5.73 Å². The summed E-state index contributed by atoms with van der Waals surface area (Å²) in [7, 11) is 0. The maximum absolute atomic E-state index is 13.1. The molecule has 0 spiro atoms. The zero-order valence-electron chi connectivity index (χ0n) is 9.40. The highest BCUT2D eigenvalue weighted by Crippen LogP contribution is 2.19. The molecule has 92 valence electrons. The van der Waals surface area contributed by atoms with Crippen LogP contribution in [0.15, 0.2) is 18.2 Å². The molecule has 1 unspecified atom stereocenters. The van der Waals surface area contributed by atoms with Gasteiger partial charge in [-0.3, -0.25) is 4.79 Å².